The Morgan fingerprint density at radius 1 is 1.21 bits per heavy atom. The summed E-state index contributed by atoms with van der Waals surface area (Å²) in [6.07, 6.45) is 0. The van der Waals surface area contributed by atoms with Gasteiger partial charge in [0.15, 0.2) is 0 Å². The van der Waals surface area contributed by atoms with Crippen LogP contribution in [-0.4, -0.2) is 30.2 Å². The van der Waals surface area contributed by atoms with Gasteiger partial charge in [0.05, 0.1) is 24.2 Å². The number of hydrogen-bond acceptors (Lipinski definition) is 6. The van der Waals surface area contributed by atoms with E-state index >= 15 is 0 Å². The van der Waals surface area contributed by atoms with E-state index in [4.69, 9.17) is 21.1 Å². The van der Waals surface area contributed by atoms with Gasteiger partial charge in [-0.3, -0.25) is 10.1 Å². The second-order valence-corrected chi connectivity index (χ2v) is 5.01. The molecule has 0 spiro atoms. The molecule has 9 heteroatoms. The molecule has 0 unspecified atom stereocenters. The number of rotatable bonds is 6. The summed E-state index contributed by atoms with van der Waals surface area (Å²) >= 11 is 5.89. The topological polar surface area (TPSA) is 111 Å². The van der Waals surface area contributed by atoms with Crippen LogP contribution in [-0.2, 0) is 0 Å². The number of carbonyl (C=O) groups is 1. The van der Waals surface area contributed by atoms with Crippen molar-refractivity contribution >= 4 is 34.6 Å². The van der Waals surface area contributed by atoms with Crippen LogP contribution in [0.4, 0.5) is 17.1 Å². The van der Waals surface area contributed by atoms with E-state index in [0.717, 1.165) is 6.07 Å². The minimum absolute atomic E-state index is 0.120. The normalized spacial score (nSPS) is 10.1. The predicted molar refractivity (Wildman–Crippen MR) is 87.9 cm³/mol. The fraction of sp³-hybridized carbons (Fsp3) is 0.133. The first-order chi connectivity index (χ1) is 11.4. The summed E-state index contributed by atoms with van der Waals surface area (Å²) in [5, 5.41) is 23.2. The van der Waals surface area contributed by atoms with Crippen LogP contribution in [0.1, 0.15) is 10.4 Å². The van der Waals surface area contributed by atoms with Gasteiger partial charge >= 0.3 is 5.97 Å². The molecule has 0 atom stereocenters. The van der Waals surface area contributed by atoms with Crippen molar-refractivity contribution in [3.63, 3.8) is 0 Å². The zero-order chi connectivity index (χ0) is 17.9. The number of ether oxygens (including phenoxy) is 2. The van der Waals surface area contributed by atoms with Crippen molar-refractivity contribution in [3.8, 4) is 11.5 Å². The average molecular weight is 353 g/mol. The maximum atomic E-state index is 11.5. The Morgan fingerprint density at radius 2 is 1.79 bits per heavy atom. The lowest BCUT2D eigenvalue weighted by molar-refractivity contribution is -0.383. The molecule has 2 rings (SSSR count). The van der Waals surface area contributed by atoms with Gasteiger partial charge in [0.25, 0.3) is 5.69 Å². The average Bonchev–Trinajstić information content (AvgIpc) is 2.53. The zero-order valence-electron chi connectivity index (χ0n) is 12.7. The summed E-state index contributed by atoms with van der Waals surface area (Å²) in [7, 11) is 2.89. The summed E-state index contributed by atoms with van der Waals surface area (Å²) in [4.78, 5) is 22.0. The lowest BCUT2D eigenvalue weighted by atomic mass is 10.1. The van der Waals surface area contributed by atoms with Gasteiger partial charge in [-0.05, 0) is 6.07 Å². The molecule has 8 nitrogen and oxygen atoms in total. The minimum Gasteiger partial charge on any atom is -0.497 e. The van der Waals surface area contributed by atoms with E-state index in [1.807, 2.05) is 0 Å². The Bertz CT molecular complexity index is 787. The van der Waals surface area contributed by atoms with E-state index in [2.05, 4.69) is 5.32 Å². The Kier molecular flexibility index (Phi) is 5.10. The van der Waals surface area contributed by atoms with Crippen molar-refractivity contribution in [3.05, 3.63) is 51.0 Å². The maximum Gasteiger partial charge on any atom is 0.339 e. The highest BCUT2D eigenvalue weighted by atomic mass is 35.5. The smallest absolute Gasteiger partial charge is 0.339 e. The Balaban J connectivity index is 2.62. The number of anilines is 2. The predicted octanol–water partition coefficient (Wildman–Crippen LogP) is 3.71. The molecule has 0 radical (unpaired) electrons. The minimum atomic E-state index is -1.39. The lowest BCUT2D eigenvalue weighted by Crippen LogP contribution is -2.07. The zero-order valence-corrected chi connectivity index (χ0v) is 13.5. The van der Waals surface area contributed by atoms with Crippen LogP contribution in [0.25, 0.3) is 0 Å². The number of halogens is 1. The van der Waals surface area contributed by atoms with E-state index in [1.54, 1.807) is 18.2 Å². The third kappa shape index (κ3) is 3.49. The highest BCUT2D eigenvalue weighted by Gasteiger charge is 2.25. The molecule has 0 aliphatic rings. The fourth-order valence-electron chi connectivity index (χ4n) is 2.08. The van der Waals surface area contributed by atoms with E-state index < -0.39 is 22.1 Å². The van der Waals surface area contributed by atoms with Crippen LogP contribution in [0.15, 0.2) is 30.3 Å². The molecule has 0 saturated carbocycles. The number of methoxy groups -OCH3 is 2. The first kappa shape index (κ1) is 17.4. The van der Waals surface area contributed by atoms with Gasteiger partial charge in [0.1, 0.15) is 22.7 Å². The van der Waals surface area contributed by atoms with Crippen LogP contribution in [0.2, 0.25) is 5.02 Å². The third-order valence-corrected chi connectivity index (χ3v) is 3.48. The Morgan fingerprint density at radius 3 is 2.25 bits per heavy atom. The molecule has 2 N–H and O–H groups in total. The van der Waals surface area contributed by atoms with Crippen molar-refractivity contribution in [1.82, 2.24) is 0 Å². The van der Waals surface area contributed by atoms with Gasteiger partial charge in [0, 0.05) is 30.0 Å². The number of nitrogens with one attached hydrogen (secondary N) is 1. The van der Waals surface area contributed by atoms with Crippen LogP contribution in [0.3, 0.4) is 0 Å². The monoisotopic (exact) mass is 352 g/mol. The molecule has 0 fully saturated rings. The number of benzene rings is 2. The Labute approximate surface area is 141 Å². The van der Waals surface area contributed by atoms with Gasteiger partial charge < -0.3 is 19.9 Å². The second kappa shape index (κ2) is 7.05. The lowest BCUT2D eigenvalue weighted by Gasteiger charge is -2.13. The molecule has 24 heavy (non-hydrogen) atoms. The van der Waals surface area contributed by atoms with Gasteiger partial charge in [0.2, 0.25) is 0 Å². The van der Waals surface area contributed by atoms with E-state index in [-0.39, 0.29) is 10.7 Å². The summed E-state index contributed by atoms with van der Waals surface area (Å²) < 4.78 is 10.2. The van der Waals surface area contributed by atoms with Crippen molar-refractivity contribution < 1.29 is 24.3 Å². The molecule has 0 bridgehead atoms. The molecule has 2 aromatic carbocycles. The van der Waals surface area contributed by atoms with Crippen LogP contribution in [0.5, 0.6) is 11.5 Å². The van der Waals surface area contributed by atoms with Gasteiger partial charge in [-0.25, -0.2) is 4.79 Å². The number of nitro groups is 1. The van der Waals surface area contributed by atoms with E-state index in [1.165, 1.54) is 20.3 Å². The van der Waals surface area contributed by atoms with Gasteiger partial charge in [-0.1, -0.05) is 11.6 Å². The third-order valence-electron chi connectivity index (χ3n) is 3.16. The summed E-state index contributed by atoms with van der Waals surface area (Å²) in [5.74, 6) is -0.530. The molecule has 0 heterocycles. The van der Waals surface area contributed by atoms with Crippen LogP contribution >= 0.6 is 11.6 Å². The first-order valence-electron chi connectivity index (χ1n) is 6.57. The quantitative estimate of drug-likeness (QED) is 0.602. The second-order valence-electron chi connectivity index (χ2n) is 4.61. The van der Waals surface area contributed by atoms with Crippen molar-refractivity contribution in [1.29, 1.82) is 0 Å². The number of nitro benzene ring substituents is 1. The number of carboxylic acids is 1. The van der Waals surface area contributed by atoms with E-state index in [9.17, 15) is 20.0 Å². The number of nitrogens with zero attached hydrogens (tertiary/aromatic N) is 1. The van der Waals surface area contributed by atoms with Gasteiger partial charge in [-0.2, -0.15) is 0 Å². The molecule has 0 aromatic heterocycles. The summed E-state index contributed by atoms with van der Waals surface area (Å²) in [6, 6.07) is 6.99. The molecule has 0 aliphatic carbocycles. The maximum absolute atomic E-state index is 11.5. The SMILES string of the molecule is COc1cc(Nc2c([N+](=O)[O-])ccc(Cl)c2C(=O)O)cc(OC)c1. The summed E-state index contributed by atoms with van der Waals surface area (Å²) in [6.45, 7) is 0. The molecule has 0 amide bonds. The van der Waals surface area contributed by atoms with Crippen molar-refractivity contribution in [2.45, 2.75) is 0 Å². The first-order valence-corrected chi connectivity index (χ1v) is 6.95. The van der Waals surface area contributed by atoms with E-state index in [0.29, 0.717) is 17.2 Å². The van der Waals surface area contributed by atoms with Crippen LogP contribution < -0.4 is 14.8 Å². The molecule has 0 saturated heterocycles. The molecule has 2 aromatic rings. The molecular formula is C15H13ClN2O6. The molecule has 0 aliphatic heterocycles. The molecular weight excluding hydrogens is 340 g/mol. The van der Waals surface area contributed by atoms with Crippen molar-refractivity contribution in [2.75, 3.05) is 19.5 Å². The van der Waals surface area contributed by atoms with Gasteiger partial charge in [-0.15, -0.1) is 0 Å². The van der Waals surface area contributed by atoms with Crippen LogP contribution in [0, 0.1) is 10.1 Å². The molecule has 126 valence electrons. The fourth-order valence-corrected chi connectivity index (χ4v) is 2.32. The van der Waals surface area contributed by atoms with Crippen molar-refractivity contribution in [2.24, 2.45) is 0 Å². The highest BCUT2D eigenvalue weighted by molar-refractivity contribution is 6.34. The number of hydrogen-bond donors (Lipinski definition) is 2. The largest absolute Gasteiger partial charge is 0.497 e. The summed E-state index contributed by atoms with van der Waals surface area (Å²) in [5.41, 5.74) is -0.694. The number of carboxylic acid groups (broad SMARTS) is 1. The Hall–Kier alpha value is -3.00. The standard InChI is InChI=1S/C15H13ClN2O6/c1-23-9-5-8(6-10(7-9)24-2)17-14-12(18(21)22)4-3-11(16)13(14)15(19)20/h3-7,17H,1-2H3,(H,19,20). The highest BCUT2D eigenvalue weighted by Crippen LogP contribution is 2.37. The number of aromatic carboxylic acids is 1.